The number of halogens is 1. The molecule has 11 heavy (non-hydrogen) atoms. The Morgan fingerprint density at radius 2 is 2.18 bits per heavy atom. The van der Waals surface area contributed by atoms with Crippen LogP contribution in [0.1, 0.15) is 20.3 Å². The maximum Gasteiger partial charge on any atom is 0.139 e. The van der Waals surface area contributed by atoms with Crippen LogP contribution in [-0.2, 0) is 4.74 Å². The van der Waals surface area contributed by atoms with Gasteiger partial charge in [-0.1, -0.05) is 13.8 Å². The van der Waals surface area contributed by atoms with Crippen LogP contribution < -0.4 is 0 Å². The highest BCUT2D eigenvalue weighted by atomic mass is 32.2. The number of thioether (sulfide) groups is 1. The molecule has 0 spiro atoms. The van der Waals surface area contributed by atoms with Crippen molar-refractivity contribution < 1.29 is 9.13 Å². The first-order valence-electron chi connectivity index (χ1n) is 4.03. The minimum Gasteiger partial charge on any atom is -0.368 e. The first-order chi connectivity index (χ1) is 5.20. The van der Waals surface area contributed by atoms with Gasteiger partial charge in [0.05, 0.1) is 0 Å². The van der Waals surface area contributed by atoms with Gasteiger partial charge in [-0.05, 0) is 6.42 Å². The lowest BCUT2D eigenvalue weighted by atomic mass is 10.0. The van der Waals surface area contributed by atoms with Gasteiger partial charge in [-0.15, -0.1) is 11.8 Å². The highest BCUT2D eigenvalue weighted by Gasteiger charge is 2.40. The molecule has 0 amide bonds. The molecule has 0 aromatic rings. The third kappa shape index (κ3) is 1.70. The van der Waals surface area contributed by atoms with E-state index in [0.717, 1.165) is 6.42 Å². The number of rotatable bonds is 2. The average Bonchev–Trinajstić information content (AvgIpc) is 2.30. The van der Waals surface area contributed by atoms with E-state index < -0.39 is 6.17 Å². The molecule has 66 valence electrons. The highest BCUT2D eigenvalue weighted by Crippen LogP contribution is 2.41. The van der Waals surface area contributed by atoms with E-state index in [0.29, 0.717) is 5.25 Å². The van der Waals surface area contributed by atoms with E-state index in [1.165, 1.54) is 0 Å². The molecule has 1 saturated heterocycles. The Morgan fingerprint density at radius 1 is 1.55 bits per heavy atom. The monoisotopic (exact) mass is 178 g/mol. The van der Waals surface area contributed by atoms with Crippen LogP contribution in [-0.4, -0.2) is 24.0 Å². The minimum absolute atomic E-state index is 0.148. The molecule has 1 heterocycles. The van der Waals surface area contributed by atoms with Gasteiger partial charge in [-0.2, -0.15) is 0 Å². The summed E-state index contributed by atoms with van der Waals surface area (Å²) in [4.78, 5) is 0. The van der Waals surface area contributed by atoms with Crippen molar-refractivity contribution >= 4 is 11.8 Å². The summed E-state index contributed by atoms with van der Waals surface area (Å²) >= 11 is 1.63. The fraction of sp³-hybridized carbons (Fsp3) is 1.00. The maximum absolute atomic E-state index is 13.3. The Balaban J connectivity index is 2.53. The van der Waals surface area contributed by atoms with E-state index in [1.807, 2.05) is 6.92 Å². The quantitative estimate of drug-likeness (QED) is 0.642. The lowest BCUT2D eigenvalue weighted by molar-refractivity contribution is 0.0803. The standard InChI is InChI=1S/C8H15FOS/c1-4-6-5(2)7(9)8(10-3)11-6/h5-8H,4H2,1-3H3/t5-,6-,7+,8?/m1/s1. The van der Waals surface area contributed by atoms with E-state index in [4.69, 9.17) is 4.74 Å². The summed E-state index contributed by atoms with van der Waals surface area (Å²) in [6.07, 6.45) is 0.251. The van der Waals surface area contributed by atoms with Crippen molar-refractivity contribution in [1.29, 1.82) is 0 Å². The molecule has 0 aromatic heterocycles. The summed E-state index contributed by atoms with van der Waals surface area (Å²) in [7, 11) is 1.58. The summed E-state index contributed by atoms with van der Waals surface area (Å²) in [5.41, 5.74) is -0.227. The van der Waals surface area contributed by atoms with Crippen molar-refractivity contribution in [2.45, 2.75) is 37.1 Å². The van der Waals surface area contributed by atoms with E-state index >= 15 is 0 Å². The number of alkyl halides is 1. The van der Waals surface area contributed by atoms with Gasteiger partial charge in [0, 0.05) is 18.3 Å². The SMILES string of the molecule is CC[C@H]1SC(OC)[C@@H](F)[C@@H]1C. The third-order valence-electron chi connectivity index (χ3n) is 2.29. The number of methoxy groups -OCH3 is 1. The molecule has 0 aliphatic carbocycles. The van der Waals surface area contributed by atoms with Gasteiger partial charge in [0.25, 0.3) is 0 Å². The molecular formula is C8H15FOS. The van der Waals surface area contributed by atoms with Gasteiger partial charge in [-0.25, -0.2) is 4.39 Å². The lowest BCUT2D eigenvalue weighted by Gasteiger charge is -2.11. The molecule has 1 aliphatic rings. The van der Waals surface area contributed by atoms with Gasteiger partial charge in [0.15, 0.2) is 0 Å². The second kappa shape index (κ2) is 3.76. The molecular weight excluding hydrogens is 163 g/mol. The van der Waals surface area contributed by atoms with Crippen molar-refractivity contribution in [1.82, 2.24) is 0 Å². The van der Waals surface area contributed by atoms with Gasteiger partial charge < -0.3 is 4.74 Å². The van der Waals surface area contributed by atoms with E-state index in [-0.39, 0.29) is 11.4 Å². The molecule has 1 rings (SSSR count). The van der Waals surface area contributed by atoms with Gasteiger partial charge >= 0.3 is 0 Å². The summed E-state index contributed by atoms with van der Waals surface area (Å²) in [6, 6.07) is 0. The highest BCUT2D eigenvalue weighted by molar-refractivity contribution is 8.00. The molecule has 0 radical (unpaired) electrons. The average molecular weight is 178 g/mol. The normalized spacial score (nSPS) is 44.7. The molecule has 0 aromatic carbocycles. The maximum atomic E-state index is 13.3. The van der Waals surface area contributed by atoms with Crippen molar-refractivity contribution in [2.24, 2.45) is 5.92 Å². The first-order valence-corrected chi connectivity index (χ1v) is 4.97. The van der Waals surface area contributed by atoms with Crippen LogP contribution in [0, 0.1) is 5.92 Å². The summed E-state index contributed by atoms with van der Waals surface area (Å²) in [5, 5.41) is 0.440. The van der Waals surface area contributed by atoms with E-state index in [1.54, 1.807) is 18.9 Å². The fourth-order valence-corrected chi connectivity index (χ4v) is 2.92. The first kappa shape index (κ1) is 9.33. The second-order valence-electron chi connectivity index (χ2n) is 2.99. The Labute approximate surface area is 71.7 Å². The van der Waals surface area contributed by atoms with Crippen LogP contribution in [0.4, 0.5) is 4.39 Å². The number of hydrogen-bond acceptors (Lipinski definition) is 2. The van der Waals surface area contributed by atoms with Gasteiger partial charge in [0.2, 0.25) is 0 Å². The second-order valence-corrected chi connectivity index (χ2v) is 4.33. The van der Waals surface area contributed by atoms with E-state index in [2.05, 4.69) is 6.92 Å². The molecule has 1 nitrogen and oxygen atoms in total. The molecule has 4 atom stereocenters. The summed E-state index contributed by atoms with van der Waals surface area (Å²) in [6.45, 7) is 4.06. The number of ether oxygens (including phenoxy) is 1. The molecule has 0 saturated carbocycles. The Morgan fingerprint density at radius 3 is 2.45 bits per heavy atom. The van der Waals surface area contributed by atoms with Crippen molar-refractivity contribution in [3.05, 3.63) is 0 Å². The predicted octanol–water partition coefficient (Wildman–Crippen LogP) is 2.46. The zero-order valence-corrected chi connectivity index (χ0v) is 8.03. The van der Waals surface area contributed by atoms with Crippen LogP contribution in [0.25, 0.3) is 0 Å². The molecule has 0 bridgehead atoms. The largest absolute Gasteiger partial charge is 0.368 e. The molecule has 3 heteroatoms. The Bertz CT molecular complexity index is 113. The predicted molar refractivity (Wildman–Crippen MR) is 46.5 cm³/mol. The van der Waals surface area contributed by atoms with Crippen LogP contribution >= 0.6 is 11.8 Å². The van der Waals surface area contributed by atoms with Gasteiger partial charge in [-0.3, -0.25) is 0 Å². The fourth-order valence-electron chi connectivity index (χ4n) is 1.48. The van der Waals surface area contributed by atoms with Crippen LogP contribution in [0.15, 0.2) is 0 Å². The summed E-state index contributed by atoms with van der Waals surface area (Å²) < 4.78 is 18.3. The van der Waals surface area contributed by atoms with Crippen molar-refractivity contribution in [3.63, 3.8) is 0 Å². The van der Waals surface area contributed by atoms with Gasteiger partial charge in [0.1, 0.15) is 11.6 Å². The number of hydrogen-bond donors (Lipinski definition) is 0. The zero-order chi connectivity index (χ0) is 8.43. The molecule has 1 fully saturated rings. The van der Waals surface area contributed by atoms with Crippen molar-refractivity contribution in [2.75, 3.05) is 7.11 Å². The summed E-state index contributed by atoms with van der Waals surface area (Å²) in [5.74, 6) is 0.148. The molecule has 0 N–H and O–H groups in total. The molecule has 1 aliphatic heterocycles. The van der Waals surface area contributed by atoms with Crippen LogP contribution in [0.5, 0.6) is 0 Å². The third-order valence-corrected chi connectivity index (χ3v) is 4.13. The molecule has 1 unspecified atom stereocenters. The van der Waals surface area contributed by atoms with Crippen molar-refractivity contribution in [3.8, 4) is 0 Å². The lowest BCUT2D eigenvalue weighted by Crippen LogP contribution is -2.21. The smallest absolute Gasteiger partial charge is 0.139 e. The Hall–Kier alpha value is 0.240. The van der Waals surface area contributed by atoms with Crippen LogP contribution in [0.2, 0.25) is 0 Å². The van der Waals surface area contributed by atoms with E-state index in [9.17, 15) is 4.39 Å². The minimum atomic E-state index is -0.782. The topological polar surface area (TPSA) is 9.23 Å². The van der Waals surface area contributed by atoms with Crippen LogP contribution in [0.3, 0.4) is 0 Å². The zero-order valence-electron chi connectivity index (χ0n) is 7.21. The Kier molecular flexibility index (Phi) is 3.19.